The maximum atomic E-state index is 11.7. The van der Waals surface area contributed by atoms with E-state index in [-0.39, 0.29) is 6.61 Å². The van der Waals surface area contributed by atoms with E-state index in [9.17, 15) is 10.2 Å². The van der Waals surface area contributed by atoms with Gasteiger partial charge < -0.3 is 24.7 Å². The molecule has 1 unspecified atom stereocenters. The van der Waals surface area contributed by atoms with Gasteiger partial charge in [0.1, 0.15) is 22.8 Å². The predicted molar refractivity (Wildman–Crippen MR) is 132 cm³/mol. The number of fused-ring (bicyclic) bond motifs is 2. The van der Waals surface area contributed by atoms with Crippen molar-refractivity contribution in [2.75, 3.05) is 26.8 Å². The summed E-state index contributed by atoms with van der Waals surface area (Å²) in [7, 11) is 1.63. The number of rotatable bonds is 7. The average Bonchev–Trinajstić information content (AvgIpc) is 3.30. The van der Waals surface area contributed by atoms with Gasteiger partial charge in [-0.15, -0.1) is 0 Å². The van der Waals surface area contributed by atoms with E-state index in [1.54, 1.807) is 13.3 Å². The molecule has 7 nitrogen and oxygen atoms in total. The Bertz CT molecular complexity index is 1260. The molecule has 2 aromatic heterocycles. The Kier molecular flexibility index (Phi) is 6.04. The highest BCUT2D eigenvalue weighted by atomic mass is 16.5. The smallest absolute Gasteiger partial charge is 0.142 e. The van der Waals surface area contributed by atoms with Gasteiger partial charge >= 0.3 is 0 Å². The van der Waals surface area contributed by atoms with Gasteiger partial charge in [-0.1, -0.05) is 18.2 Å². The van der Waals surface area contributed by atoms with E-state index in [1.807, 2.05) is 61.5 Å². The van der Waals surface area contributed by atoms with Gasteiger partial charge in [0.15, 0.2) is 0 Å². The molecule has 0 radical (unpaired) electrons. The zero-order chi connectivity index (χ0) is 23.8. The maximum Gasteiger partial charge on any atom is 0.142 e. The fourth-order valence-corrected chi connectivity index (χ4v) is 5.00. The number of piperidine rings is 1. The van der Waals surface area contributed by atoms with E-state index >= 15 is 0 Å². The zero-order valence-electron chi connectivity index (χ0n) is 19.6. The van der Waals surface area contributed by atoms with Gasteiger partial charge in [0.05, 0.1) is 25.8 Å². The van der Waals surface area contributed by atoms with Crippen LogP contribution in [0.15, 0.2) is 65.2 Å². The van der Waals surface area contributed by atoms with E-state index in [1.165, 1.54) is 0 Å². The van der Waals surface area contributed by atoms with Crippen molar-refractivity contribution in [2.24, 2.45) is 0 Å². The second kappa shape index (κ2) is 9.00. The maximum absolute atomic E-state index is 11.7. The van der Waals surface area contributed by atoms with E-state index in [2.05, 4.69) is 15.2 Å². The minimum absolute atomic E-state index is 0.0264. The molecule has 3 heterocycles. The Labute approximate surface area is 199 Å². The number of ether oxygens (including phenoxy) is 1. The molecule has 1 saturated heterocycles. The van der Waals surface area contributed by atoms with Crippen molar-refractivity contribution < 1.29 is 19.4 Å². The summed E-state index contributed by atoms with van der Waals surface area (Å²) in [6.45, 7) is 3.66. The van der Waals surface area contributed by atoms with Crippen molar-refractivity contribution >= 4 is 21.9 Å². The van der Waals surface area contributed by atoms with Gasteiger partial charge in [-0.2, -0.15) is 0 Å². The summed E-state index contributed by atoms with van der Waals surface area (Å²) in [5, 5.41) is 27.4. The van der Waals surface area contributed by atoms with E-state index < -0.39 is 11.3 Å². The summed E-state index contributed by atoms with van der Waals surface area (Å²) in [4.78, 5) is 6.51. The van der Waals surface area contributed by atoms with E-state index in [0.717, 1.165) is 38.9 Å². The lowest BCUT2D eigenvalue weighted by atomic mass is 9.86. The van der Waals surface area contributed by atoms with Gasteiger partial charge in [-0.05, 0) is 56.2 Å². The van der Waals surface area contributed by atoms with Crippen LogP contribution in [0.5, 0.6) is 5.75 Å². The van der Waals surface area contributed by atoms with Crippen LogP contribution in [0.1, 0.15) is 31.1 Å². The van der Waals surface area contributed by atoms with Crippen molar-refractivity contribution in [2.45, 2.75) is 37.6 Å². The van der Waals surface area contributed by atoms with Crippen LogP contribution in [-0.4, -0.2) is 52.4 Å². The summed E-state index contributed by atoms with van der Waals surface area (Å²) in [6.07, 6.45) is 3.13. The van der Waals surface area contributed by atoms with Gasteiger partial charge in [-0.25, -0.2) is 0 Å². The summed E-state index contributed by atoms with van der Waals surface area (Å²) in [6, 6.07) is 17.5. The van der Waals surface area contributed by atoms with Crippen LogP contribution in [-0.2, 0) is 12.3 Å². The minimum Gasteiger partial charge on any atom is -0.497 e. The number of nitrogens with one attached hydrogen (secondary N) is 1. The first-order valence-electron chi connectivity index (χ1n) is 11.7. The number of benzene rings is 2. The molecular weight excluding hydrogens is 430 g/mol. The van der Waals surface area contributed by atoms with Crippen molar-refractivity contribution in [3.05, 3.63) is 72.1 Å². The molecule has 7 heteroatoms. The third kappa shape index (κ3) is 4.16. The number of pyridine rings is 1. The number of aromatic nitrogens is 1. The monoisotopic (exact) mass is 461 g/mol. The van der Waals surface area contributed by atoms with Crippen LogP contribution in [0.25, 0.3) is 21.9 Å². The largest absolute Gasteiger partial charge is 0.497 e. The van der Waals surface area contributed by atoms with Crippen LogP contribution < -0.4 is 10.1 Å². The molecule has 2 aromatic carbocycles. The van der Waals surface area contributed by atoms with Crippen LogP contribution in [0.4, 0.5) is 0 Å². The molecule has 1 aliphatic rings. The van der Waals surface area contributed by atoms with Crippen molar-refractivity contribution in [3.63, 3.8) is 0 Å². The number of likely N-dealkylation sites (tertiary alicyclic amines) is 1. The van der Waals surface area contributed by atoms with E-state index in [0.29, 0.717) is 32.5 Å². The van der Waals surface area contributed by atoms with Crippen LogP contribution in [0.2, 0.25) is 0 Å². The molecule has 0 aliphatic carbocycles. The van der Waals surface area contributed by atoms with Crippen molar-refractivity contribution in [3.8, 4) is 5.75 Å². The number of aliphatic hydroxyl groups excluding tert-OH is 1. The first-order valence-corrected chi connectivity index (χ1v) is 11.7. The lowest BCUT2D eigenvalue weighted by Gasteiger charge is -2.46. The average molecular weight is 462 g/mol. The molecule has 0 saturated carbocycles. The SMILES string of the molecule is COc1ccc2nccc(C(C)(O)N3CCC(CO)(NCc4cc5ccccc5o4)CC3)c2c1. The summed E-state index contributed by atoms with van der Waals surface area (Å²) >= 11 is 0. The third-order valence-corrected chi connectivity index (χ3v) is 7.21. The number of para-hydroxylation sites is 1. The Balaban J connectivity index is 1.31. The normalized spacial score (nSPS) is 18.2. The summed E-state index contributed by atoms with van der Waals surface area (Å²) < 4.78 is 11.3. The van der Waals surface area contributed by atoms with Crippen LogP contribution in [0, 0.1) is 0 Å². The molecule has 178 valence electrons. The van der Waals surface area contributed by atoms with Crippen LogP contribution in [0.3, 0.4) is 0 Å². The van der Waals surface area contributed by atoms with Gasteiger partial charge in [0.2, 0.25) is 0 Å². The third-order valence-electron chi connectivity index (χ3n) is 7.21. The highest BCUT2D eigenvalue weighted by molar-refractivity contribution is 5.84. The predicted octanol–water partition coefficient (Wildman–Crippen LogP) is 3.77. The molecule has 1 aliphatic heterocycles. The molecule has 3 N–H and O–H groups in total. The van der Waals surface area contributed by atoms with Gasteiger partial charge in [-0.3, -0.25) is 9.88 Å². The fraction of sp³-hybridized carbons (Fsp3) is 0.370. The number of hydrogen-bond donors (Lipinski definition) is 3. The number of methoxy groups -OCH3 is 1. The Hall–Kier alpha value is -2.97. The minimum atomic E-state index is -1.19. The Morgan fingerprint density at radius 2 is 1.94 bits per heavy atom. The summed E-state index contributed by atoms with van der Waals surface area (Å²) in [5.41, 5.74) is 0.864. The second-order valence-corrected chi connectivity index (χ2v) is 9.29. The highest BCUT2D eigenvalue weighted by Gasteiger charge is 2.41. The number of hydrogen-bond acceptors (Lipinski definition) is 7. The highest BCUT2D eigenvalue weighted by Crippen LogP contribution is 2.36. The first-order chi connectivity index (χ1) is 16.4. The molecule has 0 spiro atoms. The zero-order valence-corrected chi connectivity index (χ0v) is 19.6. The van der Waals surface area contributed by atoms with Gasteiger partial charge in [0, 0.05) is 41.2 Å². The Morgan fingerprint density at radius 1 is 1.15 bits per heavy atom. The molecule has 1 fully saturated rings. The molecule has 0 bridgehead atoms. The summed E-state index contributed by atoms with van der Waals surface area (Å²) in [5.74, 6) is 1.57. The molecule has 0 amide bonds. The van der Waals surface area contributed by atoms with Crippen LogP contribution >= 0.6 is 0 Å². The van der Waals surface area contributed by atoms with Crippen molar-refractivity contribution in [1.29, 1.82) is 0 Å². The number of furan rings is 1. The molecule has 34 heavy (non-hydrogen) atoms. The van der Waals surface area contributed by atoms with Crippen molar-refractivity contribution in [1.82, 2.24) is 15.2 Å². The first kappa shape index (κ1) is 22.8. The molecule has 5 rings (SSSR count). The number of nitrogens with zero attached hydrogens (tertiary/aromatic N) is 2. The molecule has 1 atom stereocenters. The molecular formula is C27H31N3O4. The Morgan fingerprint density at radius 3 is 2.68 bits per heavy atom. The van der Waals surface area contributed by atoms with E-state index in [4.69, 9.17) is 9.15 Å². The number of aliphatic hydroxyl groups is 2. The topological polar surface area (TPSA) is 91.0 Å². The second-order valence-electron chi connectivity index (χ2n) is 9.29. The standard InChI is InChI=1S/C27H31N3O4/c1-26(32,23-9-12-28-24-8-7-20(33-2)16-22(23)24)30-13-10-27(18-31,11-14-30)29-17-21-15-19-5-3-4-6-25(19)34-21/h3-9,12,15-16,29,31-32H,10-11,13-14,17-18H2,1-2H3. The molecule has 4 aromatic rings. The fourth-order valence-electron chi connectivity index (χ4n) is 5.00. The quantitative estimate of drug-likeness (QED) is 0.386. The van der Waals surface area contributed by atoms with Gasteiger partial charge in [0.25, 0.3) is 0 Å². The lowest BCUT2D eigenvalue weighted by molar-refractivity contribution is -0.120. The lowest BCUT2D eigenvalue weighted by Crippen LogP contribution is -2.59.